The molecule has 1 spiro atoms. The molecule has 7 nitrogen and oxygen atoms in total. The standard InChI is InChI=1S/C26H34N2O5S/c1-5-14-27(15-18-10-8-7-9-11-18)23(31)21-26-13-12-25(4,34-26)20(24(32)33-6-2)19(26)22(30)28(21)17(3)16-29/h5,7-11,17,19-21,29H,1,6,12-16H2,2-4H3/t17-,19+,20-,21?,25+,26?/m1/s1. The highest BCUT2D eigenvalue weighted by Gasteiger charge is 2.78. The van der Waals surface area contributed by atoms with Crippen molar-refractivity contribution in [3.8, 4) is 0 Å². The zero-order chi connectivity index (χ0) is 24.7. The molecule has 1 aromatic rings. The highest BCUT2D eigenvalue weighted by molar-refractivity contribution is 8.02. The van der Waals surface area contributed by atoms with E-state index in [0.29, 0.717) is 19.5 Å². The largest absolute Gasteiger partial charge is 0.466 e. The van der Waals surface area contributed by atoms with Crippen LogP contribution in [-0.2, 0) is 25.7 Å². The van der Waals surface area contributed by atoms with Gasteiger partial charge in [0, 0.05) is 17.8 Å². The van der Waals surface area contributed by atoms with Crippen LogP contribution >= 0.6 is 11.8 Å². The molecule has 2 amide bonds. The molecular weight excluding hydrogens is 452 g/mol. The van der Waals surface area contributed by atoms with Gasteiger partial charge in [-0.3, -0.25) is 14.4 Å². The molecule has 2 unspecified atom stereocenters. The summed E-state index contributed by atoms with van der Waals surface area (Å²) in [5, 5.41) is 10.00. The summed E-state index contributed by atoms with van der Waals surface area (Å²) in [4.78, 5) is 44.5. The number of thioether (sulfide) groups is 1. The third-order valence-corrected chi connectivity index (χ3v) is 9.59. The van der Waals surface area contributed by atoms with Crippen LogP contribution in [0.5, 0.6) is 0 Å². The van der Waals surface area contributed by atoms with Crippen molar-refractivity contribution in [2.45, 2.75) is 61.7 Å². The van der Waals surface area contributed by atoms with E-state index >= 15 is 0 Å². The number of benzene rings is 1. The molecule has 0 radical (unpaired) electrons. The molecule has 1 N–H and O–H groups in total. The zero-order valence-electron chi connectivity index (χ0n) is 20.1. The second-order valence-electron chi connectivity index (χ2n) is 9.75. The van der Waals surface area contributed by atoms with Crippen LogP contribution in [0.15, 0.2) is 43.0 Å². The maximum Gasteiger partial charge on any atom is 0.311 e. The highest BCUT2D eigenvalue weighted by atomic mass is 32.2. The van der Waals surface area contributed by atoms with E-state index < -0.39 is 33.4 Å². The molecule has 3 heterocycles. The van der Waals surface area contributed by atoms with Crippen LogP contribution in [0.4, 0.5) is 0 Å². The second kappa shape index (κ2) is 9.38. The number of carbonyl (C=O) groups is 3. The van der Waals surface area contributed by atoms with Gasteiger partial charge in [-0.25, -0.2) is 0 Å². The van der Waals surface area contributed by atoms with Gasteiger partial charge in [-0.1, -0.05) is 36.4 Å². The van der Waals surface area contributed by atoms with E-state index in [1.165, 1.54) is 0 Å². The van der Waals surface area contributed by atoms with Crippen molar-refractivity contribution in [1.29, 1.82) is 0 Å². The van der Waals surface area contributed by atoms with Gasteiger partial charge in [-0.05, 0) is 39.2 Å². The summed E-state index contributed by atoms with van der Waals surface area (Å²) in [6, 6.07) is 8.41. The Morgan fingerprint density at radius 2 is 2.06 bits per heavy atom. The third kappa shape index (κ3) is 3.75. The lowest BCUT2D eigenvalue weighted by atomic mass is 9.66. The van der Waals surface area contributed by atoms with E-state index in [2.05, 4.69) is 6.58 Å². The van der Waals surface area contributed by atoms with Crippen molar-refractivity contribution in [1.82, 2.24) is 9.80 Å². The van der Waals surface area contributed by atoms with E-state index in [0.717, 1.165) is 12.0 Å². The number of likely N-dealkylation sites (tertiary alicyclic amines) is 1. The van der Waals surface area contributed by atoms with Crippen molar-refractivity contribution < 1.29 is 24.2 Å². The first-order valence-corrected chi connectivity index (χ1v) is 12.8. The van der Waals surface area contributed by atoms with Crippen molar-refractivity contribution in [2.24, 2.45) is 11.8 Å². The molecule has 0 aliphatic carbocycles. The molecule has 184 valence electrons. The van der Waals surface area contributed by atoms with Gasteiger partial charge in [0.25, 0.3) is 0 Å². The number of carbonyl (C=O) groups excluding carboxylic acids is 3. The molecule has 3 aliphatic heterocycles. The number of ether oxygens (including phenoxy) is 1. The molecule has 6 atom stereocenters. The van der Waals surface area contributed by atoms with Crippen molar-refractivity contribution in [3.63, 3.8) is 0 Å². The maximum atomic E-state index is 14.2. The van der Waals surface area contributed by atoms with E-state index in [4.69, 9.17) is 4.74 Å². The monoisotopic (exact) mass is 486 g/mol. The predicted octanol–water partition coefficient (Wildman–Crippen LogP) is 2.63. The Kier molecular flexibility index (Phi) is 6.84. The maximum absolute atomic E-state index is 14.2. The van der Waals surface area contributed by atoms with Crippen LogP contribution in [0, 0.1) is 11.8 Å². The minimum atomic E-state index is -0.762. The van der Waals surface area contributed by atoms with Gasteiger partial charge in [0.15, 0.2) is 0 Å². The zero-order valence-corrected chi connectivity index (χ0v) is 20.9. The van der Waals surface area contributed by atoms with Crippen LogP contribution in [0.25, 0.3) is 0 Å². The van der Waals surface area contributed by atoms with Crippen LogP contribution in [0.2, 0.25) is 0 Å². The number of hydrogen-bond donors (Lipinski definition) is 1. The molecule has 3 aliphatic rings. The minimum Gasteiger partial charge on any atom is -0.466 e. The Morgan fingerprint density at radius 3 is 2.68 bits per heavy atom. The number of amides is 2. The number of aliphatic hydroxyl groups is 1. The van der Waals surface area contributed by atoms with E-state index in [1.807, 2.05) is 37.3 Å². The normalized spacial score (nSPS) is 32.4. The smallest absolute Gasteiger partial charge is 0.311 e. The fraction of sp³-hybridized carbons (Fsp3) is 0.577. The Morgan fingerprint density at radius 1 is 1.35 bits per heavy atom. The fourth-order valence-electron chi connectivity index (χ4n) is 6.16. The first-order chi connectivity index (χ1) is 16.2. The Hall–Kier alpha value is -2.32. The third-order valence-electron chi connectivity index (χ3n) is 7.61. The quantitative estimate of drug-likeness (QED) is 0.427. The molecule has 3 saturated heterocycles. The lowest BCUT2D eigenvalue weighted by molar-refractivity contribution is -0.155. The summed E-state index contributed by atoms with van der Waals surface area (Å²) in [5.41, 5.74) is 0.984. The molecule has 0 saturated carbocycles. The van der Waals surface area contributed by atoms with Gasteiger partial charge in [-0.15, -0.1) is 18.3 Å². The summed E-state index contributed by atoms with van der Waals surface area (Å²) in [5.74, 6) is -2.00. The lowest BCUT2D eigenvalue weighted by Gasteiger charge is -2.38. The molecule has 34 heavy (non-hydrogen) atoms. The molecule has 0 aromatic heterocycles. The first-order valence-electron chi connectivity index (χ1n) is 12.0. The topological polar surface area (TPSA) is 87.2 Å². The summed E-state index contributed by atoms with van der Waals surface area (Å²) in [6.45, 7) is 10.1. The van der Waals surface area contributed by atoms with Gasteiger partial charge in [0.1, 0.15) is 6.04 Å². The summed E-state index contributed by atoms with van der Waals surface area (Å²) in [7, 11) is 0. The molecule has 8 heteroatoms. The Balaban J connectivity index is 1.76. The van der Waals surface area contributed by atoms with E-state index in [-0.39, 0.29) is 31.0 Å². The van der Waals surface area contributed by atoms with Crippen LogP contribution < -0.4 is 0 Å². The highest BCUT2D eigenvalue weighted by Crippen LogP contribution is 2.71. The van der Waals surface area contributed by atoms with Gasteiger partial charge in [-0.2, -0.15) is 0 Å². The molecule has 2 bridgehead atoms. The average molecular weight is 487 g/mol. The van der Waals surface area contributed by atoms with Crippen LogP contribution in [-0.4, -0.2) is 74.0 Å². The van der Waals surface area contributed by atoms with E-state index in [9.17, 15) is 19.5 Å². The Labute approximate surface area is 205 Å². The number of fused-ring (bicyclic) bond motifs is 1. The second-order valence-corrected chi connectivity index (χ2v) is 11.6. The molecule has 1 aromatic carbocycles. The van der Waals surface area contributed by atoms with Crippen molar-refractivity contribution >= 4 is 29.5 Å². The van der Waals surface area contributed by atoms with Gasteiger partial charge >= 0.3 is 5.97 Å². The fourth-order valence-corrected chi connectivity index (χ4v) is 8.49. The van der Waals surface area contributed by atoms with Gasteiger partial charge in [0.2, 0.25) is 11.8 Å². The lowest BCUT2D eigenvalue weighted by Crippen LogP contribution is -2.56. The average Bonchev–Trinajstić information content (AvgIpc) is 3.39. The number of esters is 1. The number of aliphatic hydroxyl groups excluding tert-OH is 1. The van der Waals surface area contributed by atoms with Crippen LogP contribution in [0.3, 0.4) is 0 Å². The Bertz CT molecular complexity index is 971. The summed E-state index contributed by atoms with van der Waals surface area (Å²) >= 11 is 1.61. The molecule has 3 fully saturated rings. The van der Waals surface area contributed by atoms with Crippen molar-refractivity contribution in [2.75, 3.05) is 19.8 Å². The number of hydrogen-bond acceptors (Lipinski definition) is 6. The first kappa shape index (κ1) is 24.8. The van der Waals surface area contributed by atoms with Gasteiger partial charge in [0.05, 0.1) is 35.8 Å². The van der Waals surface area contributed by atoms with Crippen LogP contribution in [0.1, 0.15) is 39.2 Å². The molecule has 4 rings (SSSR count). The minimum absolute atomic E-state index is 0.166. The van der Waals surface area contributed by atoms with Gasteiger partial charge < -0.3 is 19.6 Å². The van der Waals surface area contributed by atoms with Crippen molar-refractivity contribution in [3.05, 3.63) is 48.6 Å². The number of rotatable bonds is 9. The molecular formula is C26H34N2O5S. The predicted molar refractivity (Wildman–Crippen MR) is 131 cm³/mol. The number of nitrogens with zero attached hydrogens (tertiary/aromatic N) is 2. The summed E-state index contributed by atoms with van der Waals surface area (Å²) in [6.07, 6.45) is 3.09. The summed E-state index contributed by atoms with van der Waals surface area (Å²) < 4.78 is 4.22. The van der Waals surface area contributed by atoms with E-state index in [1.54, 1.807) is 41.5 Å². The SMILES string of the molecule is C=CCN(Cc1ccccc1)C(=O)C1N([C@H](C)CO)C(=O)[C@@H]2[C@H](C(=O)OCC)[C@]3(C)CCC12S3.